The highest BCUT2D eigenvalue weighted by Crippen LogP contribution is 2.33. The average molecular weight is 388 g/mol. The Hall–Kier alpha value is -3.37. The first kappa shape index (κ1) is 19.0. The van der Waals surface area contributed by atoms with Gasteiger partial charge in [0, 0.05) is 24.2 Å². The van der Waals surface area contributed by atoms with E-state index >= 15 is 0 Å². The zero-order valence-corrected chi connectivity index (χ0v) is 16.6. The summed E-state index contributed by atoms with van der Waals surface area (Å²) < 4.78 is 7.39. The highest BCUT2D eigenvalue weighted by atomic mass is 16.5. The molecule has 7 heteroatoms. The molecule has 3 N–H and O–H groups in total. The number of anilines is 1. The lowest BCUT2D eigenvalue weighted by Gasteiger charge is -2.19. The van der Waals surface area contributed by atoms with E-state index in [0.717, 1.165) is 48.3 Å². The smallest absolute Gasteiger partial charge is 0.155 e. The Kier molecular flexibility index (Phi) is 5.19. The molecule has 1 aromatic carbocycles. The van der Waals surface area contributed by atoms with Gasteiger partial charge in [0.05, 0.1) is 30.1 Å². The summed E-state index contributed by atoms with van der Waals surface area (Å²) in [7, 11) is 1.60. The van der Waals surface area contributed by atoms with Crippen LogP contribution < -0.4 is 15.8 Å². The topological polar surface area (TPSA) is 101 Å². The molecule has 2 aromatic heterocycles. The van der Waals surface area contributed by atoms with Crippen molar-refractivity contribution in [1.29, 1.82) is 5.26 Å². The van der Waals surface area contributed by atoms with Crippen LogP contribution in [-0.2, 0) is 0 Å². The van der Waals surface area contributed by atoms with Crippen molar-refractivity contribution in [3.63, 3.8) is 0 Å². The Morgan fingerprint density at radius 3 is 2.79 bits per heavy atom. The Balaban J connectivity index is 1.78. The van der Waals surface area contributed by atoms with Gasteiger partial charge < -0.3 is 20.2 Å². The largest absolute Gasteiger partial charge is 0.495 e. The Morgan fingerprint density at radius 2 is 2.07 bits per heavy atom. The molecule has 7 nitrogen and oxygen atoms in total. The number of nitrogens with zero attached hydrogens (tertiary/aromatic N) is 4. The summed E-state index contributed by atoms with van der Waals surface area (Å²) in [5, 5.41) is 12.9. The van der Waals surface area contributed by atoms with Gasteiger partial charge in [-0.2, -0.15) is 5.26 Å². The van der Waals surface area contributed by atoms with E-state index in [1.807, 2.05) is 48.1 Å². The number of fused-ring (bicyclic) bond motifs is 1. The fourth-order valence-electron chi connectivity index (χ4n) is 3.69. The molecule has 3 heterocycles. The molecule has 148 valence electrons. The first-order chi connectivity index (χ1) is 14.1. The monoisotopic (exact) mass is 388 g/mol. The second-order valence-corrected chi connectivity index (χ2v) is 7.31. The molecule has 3 aromatic rings. The highest BCUT2D eigenvalue weighted by Gasteiger charge is 2.14. The van der Waals surface area contributed by atoms with Gasteiger partial charge in [0.2, 0.25) is 0 Å². The number of nitrogens with two attached hydrogens (primary N) is 1. The first-order valence-electron chi connectivity index (χ1n) is 9.70. The van der Waals surface area contributed by atoms with Gasteiger partial charge in [-0.15, -0.1) is 0 Å². The van der Waals surface area contributed by atoms with Gasteiger partial charge in [-0.1, -0.05) is 0 Å². The predicted molar refractivity (Wildman–Crippen MR) is 115 cm³/mol. The molecule has 4 rings (SSSR count). The van der Waals surface area contributed by atoms with Crippen LogP contribution in [0.2, 0.25) is 0 Å². The highest BCUT2D eigenvalue weighted by molar-refractivity contribution is 5.92. The maximum absolute atomic E-state index is 9.57. The minimum Gasteiger partial charge on any atom is -0.495 e. The van der Waals surface area contributed by atoms with E-state index in [9.17, 15) is 5.26 Å². The van der Waals surface area contributed by atoms with Crippen molar-refractivity contribution in [3.05, 3.63) is 47.4 Å². The molecule has 0 unspecified atom stereocenters. The maximum Gasteiger partial charge on any atom is 0.155 e. The Morgan fingerprint density at radius 1 is 1.28 bits per heavy atom. The van der Waals surface area contributed by atoms with Crippen LogP contribution in [0.15, 0.2) is 35.6 Å². The molecule has 0 saturated carbocycles. The molecule has 1 aliphatic rings. The third-order valence-electron chi connectivity index (χ3n) is 5.25. The minimum atomic E-state index is 0.306. The van der Waals surface area contributed by atoms with E-state index in [1.165, 1.54) is 0 Å². The van der Waals surface area contributed by atoms with Crippen LogP contribution in [0.25, 0.3) is 16.8 Å². The van der Waals surface area contributed by atoms with Crippen LogP contribution in [0, 0.1) is 18.3 Å². The van der Waals surface area contributed by atoms with Gasteiger partial charge in [-0.3, -0.25) is 4.99 Å². The van der Waals surface area contributed by atoms with E-state index in [0.29, 0.717) is 28.7 Å². The molecule has 29 heavy (non-hydrogen) atoms. The Bertz CT molecular complexity index is 1120. The number of hydrogen-bond donors (Lipinski definition) is 2. The first-order valence-corrected chi connectivity index (χ1v) is 9.70. The van der Waals surface area contributed by atoms with Crippen LogP contribution >= 0.6 is 0 Å². The fourth-order valence-corrected chi connectivity index (χ4v) is 3.69. The Labute approximate surface area is 169 Å². The van der Waals surface area contributed by atoms with E-state index in [-0.39, 0.29) is 0 Å². The second-order valence-electron chi connectivity index (χ2n) is 7.31. The molecular formula is C22H24N6O. The molecule has 0 atom stereocenters. The molecular weight excluding hydrogens is 364 g/mol. The van der Waals surface area contributed by atoms with Gasteiger partial charge in [0.1, 0.15) is 11.8 Å². The summed E-state index contributed by atoms with van der Waals surface area (Å²) in [4.78, 5) is 9.18. The molecule has 1 aliphatic heterocycles. The van der Waals surface area contributed by atoms with Gasteiger partial charge in [-0.25, -0.2) is 4.98 Å². The normalized spacial score (nSPS) is 15.1. The van der Waals surface area contributed by atoms with Crippen LogP contribution in [0.4, 0.5) is 5.69 Å². The summed E-state index contributed by atoms with van der Waals surface area (Å²) >= 11 is 0. The molecule has 1 saturated heterocycles. The third-order valence-corrected chi connectivity index (χ3v) is 5.25. The zero-order valence-electron chi connectivity index (χ0n) is 16.6. The second kappa shape index (κ2) is 7.94. The van der Waals surface area contributed by atoms with Crippen molar-refractivity contribution in [2.75, 3.05) is 25.9 Å². The zero-order chi connectivity index (χ0) is 20.4. The summed E-state index contributed by atoms with van der Waals surface area (Å²) in [5.74, 6) is 0.592. The maximum atomic E-state index is 9.57. The summed E-state index contributed by atoms with van der Waals surface area (Å²) in [5.41, 5.74) is 11.5. The number of nitrogens with one attached hydrogen (secondary N) is 1. The van der Waals surface area contributed by atoms with Crippen LogP contribution in [-0.4, -0.2) is 41.8 Å². The van der Waals surface area contributed by atoms with Crippen LogP contribution in [0.5, 0.6) is 5.75 Å². The van der Waals surface area contributed by atoms with Crippen molar-refractivity contribution in [2.45, 2.75) is 25.8 Å². The lowest BCUT2D eigenvalue weighted by atomic mass is 10.0. The molecule has 0 aliphatic carbocycles. The number of hydrogen-bond acceptors (Lipinski definition) is 6. The van der Waals surface area contributed by atoms with Gasteiger partial charge >= 0.3 is 0 Å². The molecule has 0 amide bonds. The molecule has 0 spiro atoms. The number of nitriles is 1. The number of methoxy groups -OCH3 is 1. The summed E-state index contributed by atoms with van der Waals surface area (Å²) in [6, 6.07) is 8.29. The number of rotatable bonds is 4. The number of ether oxygens (including phenoxy) is 1. The van der Waals surface area contributed by atoms with E-state index in [4.69, 9.17) is 15.5 Å². The number of piperidine rings is 1. The average Bonchev–Trinajstić information content (AvgIpc) is 3.13. The summed E-state index contributed by atoms with van der Waals surface area (Å²) in [6.45, 7) is 3.89. The number of aliphatic imine (C=N–C) groups is 1. The van der Waals surface area contributed by atoms with Crippen molar-refractivity contribution < 1.29 is 4.74 Å². The molecule has 0 bridgehead atoms. The van der Waals surface area contributed by atoms with Crippen LogP contribution in [0.1, 0.15) is 29.7 Å². The van der Waals surface area contributed by atoms with Crippen molar-refractivity contribution in [2.24, 2.45) is 4.99 Å². The van der Waals surface area contributed by atoms with Gasteiger partial charge in [0.15, 0.2) is 5.65 Å². The van der Waals surface area contributed by atoms with Crippen molar-refractivity contribution >= 4 is 17.5 Å². The van der Waals surface area contributed by atoms with Gasteiger partial charge in [-0.05, 0) is 62.2 Å². The van der Waals surface area contributed by atoms with Gasteiger partial charge in [0.25, 0.3) is 0 Å². The minimum absolute atomic E-state index is 0.306. The molecule has 0 radical (unpaired) electrons. The quantitative estimate of drug-likeness (QED) is 0.529. The number of nitrogen functional groups attached to an aromatic ring is 1. The number of imidazole rings is 1. The lowest BCUT2D eigenvalue weighted by molar-refractivity contribution is 0.417. The number of pyridine rings is 1. The third kappa shape index (κ3) is 3.80. The van der Waals surface area contributed by atoms with E-state index < -0.39 is 0 Å². The predicted octanol–water partition coefficient (Wildman–Crippen LogP) is 2.94. The van der Waals surface area contributed by atoms with E-state index in [1.54, 1.807) is 7.11 Å². The standard InChI is InChI=1S/C22H24N6O/c1-14-12-28-13-18(8-16(10-23)22(28)27-14)15-7-17(21(24)20(9-15)29-2)11-26-19-3-5-25-6-4-19/h7-9,11-13,19,25H,3-6,24H2,1-2H3. The SMILES string of the molecule is COc1cc(-c2cc(C#N)c3nc(C)cn3c2)cc(C=NC2CCNCC2)c1N. The summed E-state index contributed by atoms with van der Waals surface area (Å²) in [6.07, 6.45) is 7.77. The van der Waals surface area contributed by atoms with Crippen molar-refractivity contribution in [3.8, 4) is 22.9 Å². The van der Waals surface area contributed by atoms with Crippen molar-refractivity contribution in [1.82, 2.24) is 14.7 Å². The number of aryl methyl sites for hydroxylation is 1. The fraction of sp³-hybridized carbons (Fsp3) is 0.318. The number of benzene rings is 1. The van der Waals surface area contributed by atoms with Crippen LogP contribution in [0.3, 0.4) is 0 Å². The molecule has 1 fully saturated rings. The number of aromatic nitrogens is 2. The lowest BCUT2D eigenvalue weighted by Crippen LogP contribution is -2.29. The van der Waals surface area contributed by atoms with E-state index in [2.05, 4.69) is 16.4 Å².